The SMILES string of the molecule is O=c1ccn([C@@]23C[C@H](OC4CCCCO4)[C@@H](CO)[C@@H]2C3)c(=O)[nH]1. The van der Waals surface area contributed by atoms with Crippen molar-refractivity contribution in [3.05, 3.63) is 33.1 Å². The van der Waals surface area contributed by atoms with E-state index in [0.717, 1.165) is 32.3 Å². The van der Waals surface area contributed by atoms with Crippen LogP contribution in [0.25, 0.3) is 0 Å². The minimum atomic E-state index is -0.389. The highest BCUT2D eigenvalue weighted by molar-refractivity contribution is 5.18. The number of aliphatic hydroxyl groups is 1. The molecule has 3 fully saturated rings. The molecule has 2 N–H and O–H groups in total. The summed E-state index contributed by atoms with van der Waals surface area (Å²) in [5.74, 6) is 0.226. The molecular weight excluding hydrogens is 300 g/mol. The van der Waals surface area contributed by atoms with Crippen LogP contribution in [-0.4, -0.2) is 40.3 Å². The molecule has 0 amide bonds. The van der Waals surface area contributed by atoms with Crippen LogP contribution in [0.1, 0.15) is 32.1 Å². The van der Waals surface area contributed by atoms with Crippen molar-refractivity contribution in [2.75, 3.05) is 13.2 Å². The zero-order valence-electron chi connectivity index (χ0n) is 12.9. The largest absolute Gasteiger partial charge is 0.396 e. The van der Waals surface area contributed by atoms with Gasteiger partial charge in [-0.1, -0.05) is 0 Å². The average Bonchev–Trinajstić information content (AvgIpc) is 3.15. The lowest BCUT2D eigenvalue weighted by molar-refractivity contribution is -0.199. The molecule has 1 aliphatic heterocycles. The second-order valence-electron chi connectivity index (χ2n) is 6.92. The standard InChI is InChI=1S/C16H22N2O5/c19-9-10-11-7-16(11,18-5-4-13(20)17-15(18)21)8-12(10)23-14-3-1-2-6-22-14/h4-5,10-12,14,19H,1-3,6-9H2,(H,17,20,21)/t10-,11-,12-,14?,16-/m0/s1. The summed E-state index contributed by atoms with van der Waals surface area (Å²) in [6.07, 6.45) is 5.80. The fraction of sp³-hybridized carbons (Fsp3) is 0.750. The van der Waals surface area contributed by atoms with E-state index in [4.69, 9.17) is 9.47 Å². The first-order valence-corrected chi connectivity index (χ1v) is 8.34. The quantitative estimate of drug-likeness (QED) is 0.824. The Kier molecular flexibility index (Phi) is 3.66. The zero-order valence-corrected chi connectivity index (χ0v) is 12.9. The molecule has 1 saturated heterocycles. The summed E-state index contributed by atoms with van der Waals surface area (Å²) < 4.78 is 13.4. The molecule has 23 heavy (non-hydrogen) atoms. The molecule has 0 radical (unpaired) electrons. The monoisotopic (exact) mass is 322 g/mol. The lowest BCUT2D eigenvalue weighted by Gasteiger charge is -2.29. The molecule has 2 saturated carbocycles. The topological polar surface area (TPSA) is 93.5 Å². The number of aromatic amines is 1. The third-order valence-electron chi connectivity index (χ3n) is 5.63. The number of hydrogen-bond donors (Lipinski definition) is 2. The number of hydrogen-bond acceptors (Lipinski definition) is 5. The van der Waals surface area contributed by atoms with E-state index in [-0.39, 0.29) is 47.6 Å². The zero-order chi connectivity index (χ0) is 16.0. The first-order chi connectivity index (χ1) is 11.1. The van der Waals surface area contributed by atoms with Crippen LogP contribution in [0.15, 0.2) is 21.9 Å². The smallest absolute Gasteiger partial charge is 0.328 e. The van der Waals surface area contributed by atoms with E-state index in [2.05, 4.69) is 4.98 Å². The molecule has 0 bridgehead atoms. The fourth-order valence-electron chi connectivity index (χ4n) is 4.42. The summed E-state index contributed by atoms with van der Waals surface area (Å²) >= 11 is 0. The molecule has 2 aliphatic carbocycles. The Bertz CT molecular complexity index is 692. The Labute approximate surface area is 133 Å². The van der Waals surface area contributed by atoms with Crippen molar-refractivity contribution in [2.24, 2.45) is 11.8 Å². The fourth-order valence-corrected chi connectivity index (χ4v) is 4.42. The molecule has 0 aromatic carbocycles. The molecule has 3 aliphatic rings. The van der Waals surface area contributed by atoms with Gasteiger partial charge in [-0.15, -0.1) is 0 Å². The van der Waals surface area contributed by atoms with Crippen LogP contribution in [0, 0.1) is 11.8 Å². The average molecular weight is 322 g/mol. The Hall–Kier alpha value is -1.44. The highest BCUT2D eigenvalue weighted by Crippen LogP contribution is 2.64. The van der Waals surface area contributed by atoms with Crippen molar-refractivity contribution in [1.29, 1.82) is 0 Å². The van der Waals surface area contributed by atoms with Crippen LogP contribution in [-0.2, 0) is 15.0 Å². The third-order valence-corrected chi connectivity index (χ3v) is 5.63. The van der Waals surface area contributed by atoms with Gasteiger partial charge in [0.25, 0.3) is 5.56 Å². The third kappa shape index (κ3) is 2.47. The van der Waals surface area contributed by atoms with Crippen molar-refractivity contribution in [1.82, 2.24) is 9.55 Å². The number of fused-ring (bicyclic) bond motifs is 1. The molecular formula is C16H22N2O5. The van der Waals surface area contributed by atoms with Gasteiger partial charge in [-0.25, -0.2) is 4.79 Å². The molecule has 1 aromatic heterocycles. The number of rotatable bonds is 4. The van der Waals surface area contributed by atoms with E-state index in [1.165, 1.54) is 6.07 Å². The van der Waals surface area contributed by atoms with Gasteiger partial charge in [0, 0.05) is 31.4 Å². The van der Waals surface area contributed by atoms with E-state index >= 15 is 0 Å². The highest BCUT2D eigenvalue weighted by atomic mass is 16.7. The maximum atomic E-state index is 12.1. The van der Waals surface area contributed by atoms with E-state index in [9.17, 15) is 14.7 Å². The molecule has 4 rings (SSSR count). The highest BCUT2D eigenvalue weighted by Gasteiger charge is 2.67. The van der Waals surface area contributed by atoms with E-state index in [1.807, 2.05) is 0 Å². The number of ether oxygens (including phenoxy) is 2. The van der Waals surface area contributed by atoms with Gasteiger partial charge in [-0.2, -0.15) is 0 Å². The molecule has 0 spiro atoms. The van der Waals surface area contributed by atoms with Gasteiger partial charge >= 0.3 is 5.69 Å². The van der Waals surface area contributed by atoms with Crippen LogP contribution >= 0.6 is 0 Å². The Balaban J connectivity index is 1.56. The number of nitrogens with one attached hydrogen (secondary N) is 1. The van der Waals surface area contributed by atoms with Crippen molar-refractivity contribution in [2.45, 2.75) is 50.0 Å². The van der Waals surface area contributed by atoms with Crippen molar-refractivity contribution in [3.8, 4) is 0 Å². The predicted octanol–water partition coefficient (Wildman–Crippen LogP) is 0.176. The Morgan fingerprint density at radius 1 is 1.39 bits per heavy atom. The van der Waals surface area contributed by atoms with Crippen molar-refractivity contribution < 1.29 is 14.6 Å². The summed E-state index contributed by atoms with van der Waals surface area (Å²) in [4.78, 5) is 25.7. The second-order valence-corrected chi connectivity index (χ2v) is 6.92. The van der Waals surface area contributed by atoms with Crippen LogP contribution < -0.4 is 11.2 Å². The van der Waals surface area contributed by atoms with Gasteiger partial charge in [-0.05, 0) is 38.0 Å². The summed E-state index contributed by atoms with van der Waals surface area (Å²) in [6, 6.07) is 1.37. The summed E-state index contributed by atoms with van der Waals surface area (Å²) in [5, 5.41) is 9.77. The van der Waals surface area contributed by atoms with Crippen LogP contribution in [0.4, 0.5) is 0 Å². The van der Waals surface area contributed by atoms with Crippen molar-refractivity contribution >= 4 is 0 Å². The van der Waals surface area contributed by atoms with Gasteiger partial charge in [0.1, 0.15) is 0 Å². The number of aliphatic hydroxyl groups excluding tert-OH is 1. The lowest BCUT2D eigenvalue weighted by Crippen LogP contribution is -2.37. The van der Waals surface area contributed by atoms with Gasteiger partial charge < -0.3 is 14.6 Å². The van der Waals surface area contributed by atoms with E-state index < -0.39 is 0 Å². The summed E-state index contributed by atoms with van der Waals surface area (Å²) in [7, 11) is 0. The van der Waals surface area contributed by atoms with E-state index in [0.29, 0.717) is 6.42 Å². The number of H-pyrrole nitrogens is 1. The predicted molar refractivity (Wildman–Crippen MR) is 81.1 cm³/mol. The lowest BCUT2D eigenvalue weighted by atomic mass is 10.0. The van der Waals surface area contributed by atoms with E-state index in [1.54, 1.807) is 10.8 Å². The maximum absolute atomic E-state index is 12.1. The van der Waals surface area contributed by atoms with Crippen LogP contribution in [0.5, 0.6) is 0 Å². The van der Waals surface area contributed by atoms with Crippen molar-refractivity contribution in [3.63, 3.8) is 0 Å². The number of nitrogens with zero attached hydrogens (tertiary/aromatic N) is 1. The molecule has 7 heteroatoms. The first kappa shape index (κ1) is 15.1. The molecule has 1 aromatic rings. The summed E-state index contributed by atoms with van der Waals surface area (Å²) in [6.45, 7) is 0.761. The molecule has 126 valence electrons. The number of aromatic nitrogens is 2. The Morgan fingerprint density at radius 2 is 2.26 bits per heavy atom. The van der Waals surface area contributed by atoms with Gasteiger partial charge in [-0.3, -0.25) is 14.3 Å². The molecule has 2 heterocycles. The first-order valence-electron chi connectivity index (χ1n) is 8.34. The van der Waals surface area contributed by atoms with Crippen LogP contribution in [0.2, 0.25) is 0 Å². The molecule has 7 nitrogen and oxygen atoms in total. The summed E-state index contributed by atoms with van der Waals surface area (Å²) in [5.41, 5.74) is -1.10. The molecule has 1 unspecified atom stereocenters. The Morgan fingerprint density at radius 3 is 2.96 bits per heavy atom. The van der Waals surface area contributed by atoms with Crippen LogP contribution in [0.3, 0.4) is 0 Å². The van der Waals surface area contributed by atoms with Gasteiger partial charge in [0.2, 0.25) is 0 Å². The maximum Gasteiger partial charge on any atom is 0.328 e. The minimum Gasteiger partial charge on any atom is -0.396 e. The second kappa shape index (κ2) is 5.58. The van der Waals surface area contributed by atoms with Gasteiger partial charge in [0.15, 0.2) is 6.29 Å². The molecule has 5 atom stereocenters. The van der Waals surface area contributed by atoms with Gasteiger partial charge in [0.05, 0.1) is 11.6 Å². The normalized spacial score (nSPS) is 39.2. The minimum absolute atomic E-state index is 0.0133.